The zero-order chi connectivity index (χ0) is 29.6. The summed E-state index contributed by atoms with van der Waals surface area (Å²) in [4.78, 5) is 35.0. The summed E-state index contributed by atoms with van der Waals surface area (Å²) in [6.45, 7) is 7.52. The van der Waals surface area contributed by atoms with E-state index in [1.807, 2.05) is 32.9 Å². The maximum absolute atomic E-state index is 13.5. The number of aromatic nitrogens is 2. The molecule has 1 atom stereocenters. The van der Waals surface area contributed by atoms with E-state index in [9.17, 15) is 27.9 Å². The minimum absolute atomic E-state index is 0.0848. The van der Waals surface area contributed by atoms with E-state index >= 15 is 0 Å². The number of carbonyl (C=O) groups is 1. The van der Waals surface area contributed by atoms with Crippen LogP contribution in [-0.4, -0.2) is 21.0 Å². The number of carboxylic acid groups (broad SMARTS) is 1. The van der Waals surface area contributed by atoms with Crippen molar-refractivity contribution in [2.75, 3.05) is 0 Å². The van der Waals surface area contributed by atoms with E-state index in [1.54, 1.807) is 19.1 Å². The molecule has 0 aliphatic rings. The lowest BCUT2D eigenvalue weighted by molar-refractivity contribution is -0.137. The van der Waals surface area contributed by atoms with E-state index < -0.39 is 17.7 Å². The number of benzene rings is 2. The first-order valence-electron chi connectivity index (χ1n) is 13.1. The van der Waals surface area contributed by atoms with Gasteiger partial charge in [0.2, 0.25) is 0 Å². The standard InChI is InChI=1S/C31H27F3N2O4S/c1-15-12-21(16(2)6-5-7-19-8-9-20(31(32,33)34)14-22(19)30(38)39)28-23(13-15)26(37)17(3)27(40-28)24-10-11-25-29(36-24)41-18(4)35-25/h8-14,16H,5-7H2,1-4H3,(H,38,39)/t16-/m0/s1. The number of thiazole rings is 1. The molecular weight excluding hydrogens is 553 g/mol. The van der Waals surface area contributed by atoms with Crippen LogP contribution in [0.15, 0.2) is 51.7 Å². The lowest BCUT2D eigenvalue weighted by atomic mass is 9.90. The van der Waals surface area contributed by atoms with Crippen LogP contribution in [0.5, 0.6) is 0 Å². The van der Waals surface area contributed by atoms with Gasteiger partial charge in [0.25, 0.3) is 0 Å². The summed E-state index contributed by atoms with van der Waals surface area (Å²) in [7, 11) is 0. The second-order valence-corrected chi connectivity index (χ2v) is 11.5. The number of nitrogens with zero attached hydrogens (tertiary/aromatic N) is 2. The van der Waals surface area contributed by atoms with Gasteiger partial charge in [-0.1, -0.05) is 30.4 Å². The topological polar surface area (TPSA) is 93.3 Å². The van der Waals surface area contributed by atoms with Crippen molar-refractivity contribution in [1.29, 1.82) is 0 Å². The summed E-state index contributed by atoms with van der Waals surface area (Å²) < 4.78 is 45.7. The van der Waals surface area contributed by atoms with Crippen molar-refractivity contribution in [3.8, 4) is 11.5 Å². The molecule has 0 saturated carbocycles. The lowest BCUT2D eigenvalue weighted by Crippen LogP contribution is -2.11. The second kappa shape index (κ2) is 10.7. The molecule has 0 unspecified atom stereocenters. The highest BCUT2D eigenvalue weighted by molar-refractivity contribution is 7.18. The molecule has 5 aromatic rings. The van der Waals surface area contributed by atoms with Crippen molar-refractivity contribution in [2.24, 2.45) is 0 Å². The fraction of sp³-hybridized carbons (Fsp3) is 0.290. The van der Waals surface area contributed by atoms with Crippen molar-refractivity contribution >= 4 is 38.6 Å². The highest BCUT2D eigenvalue weighted by atomic mass is 32.1. The van der Waals surface area contributed by atoms with E-state index in [1.165, 1.54) is 17.4 Å². The summed E-state index contributed by atoms with van der Waals surface area (Å²) in [5.41, 5.74) is 2.84. The van der Waals surface area contributed by atoms with Gasteiger partial charge in [0, 0.05) is 5.56 Å². The summed E-state index contributed by atoms with van der Waals surface area (Å²) in [6.07, 6.45) is -3.21. The van der Waals surface area contributed by atoms with E-state index in [-0.39, 0.29) is 16.9 Å². The number of aryl methyl sites for hydroxylation is 3. The average Bonchev–Trinajstić information content (AvgIpc) is 3.29. The van der Waals surface area contributed by atoms with Gasteiger partial charge in [-0.15, -0.1) is 0 Å². The molecule has 6 nitrogen and oxygen atoms in total. The molecule has 0 fully saturated rings. The molecule has 10 heteroatoms. The number of rotatable bonds is 7. The Kier molecular flexibility index (Phi) is 7.46. The van der Waals surface area contributed by atoms with Gasteiger partial charge >= 0.3 is 12.1 Å². The Labute approximate surface area is 237 Å². The monoisotopic (exact) mass is 580 g/mol. The van der Waals surface area contributed by atoms with Crippen LogP contribution in [0.1, 0.15) is 68.9 Å². The molecule has 0 radical (unpaired) electrons. The largest absolute Gasteiger partial charge is 0.478 e. The lowest BCUT2D eigenvalue weighted by Gasteiger charge is -2.17. The highest BCUT2D eigenvalue weighted by Crippen LogP contribution is 2.35. The van der Waals surface area contributed by atoms with Gasteiger partial charge in [0.1, 0.15) is 21.6 Å². The van der Waals surface area contributed by atoms with Crippen molar-refractivity contribution in [1.82, 2.24) is 9.97 Å². The van der Waals surface area contributed by atoms with E-state index in [0.29, 0.717) is 58.9 Å². The highest BCUT2D eigenvalue weighted by Gasteiger charge is 2.31. The molecule has 0 aliphatic heterocycles. The smallest absolute Gasteiger partial charge is 0.416 e. The number of halogens is 3. The average molecular weight is 581 g/mol. The van der Waals surface area contributed by atoms with Gasteiger partial charge in [-0.05, 0) is 93.0 Å². The Balaban J connectivity index is 1.47. The second-order valence-electron chi connectivity index (χ2n) is 10.3. The first-order valence-corrected chi connectivity index (χ1v) is 13.9. The van der Waals surface area contributed by atoms with Gasteiger partial charge in [0.15, 0.2) is 11.2 Å². The predicted octanol–water partition coefficient (Wildman–Crippen LogP) is 8.23. The number of fused-ring (bicyclic) bond motifs is 2. The molecular formula is C31H27F3N2O4S. The normalized spacial score (nSPS) is 12.8. The summed E-state index contributed by atoms with van der Waals surface area (Å²) in [5.74, 6) is -1.09. The van der Waals surface area contributed by atoms with Gasteiger partial charge in [-0.3, -0.25) is 4.79 Å². The number of pyridine rings is 1. The third kappa shape index (κ3) is 5.61. The van der Waals surface area contributed by atoms with Crippen LogP contribution in [0.4, 0.5) is 13.2 Å². The van der Waals surface area contributed by atoms with Crippen molar-refractivity contribution < 1.29 is 27.5 Å². The van der Waals surface area contributed by atoms with Crippen LogP contribution >= 0.6 is 11.3 Å². The first kappa shape index (κ1) is 28.5. The van der Waals surface area contributed by atoms with Gasteiger partial charge in [-0.2, -0.15) is 13.2 Å². The molecule has 0 spiro atoms. The van der Waals surface area contributed by atoms with E-state index in [2.05, 4.69) is 4.98 Å². The van der Waals surface area contributed by atoms with Gasteiger partial charge < -0.3 is 9.52 Å². The minimum atomic E-state index is -4.62. The van der Waals surface area contributed by atoms with Crippen LogP contribution in [0, 0.1) is 20.8 Å². The SMILES string of the molecule is Cc1cc([C@@H](C)CCCc2ccc(C(F)(F)F)cc2C(=O)O)c2oc(-c3ccc4nc(C)sc4n3)c(C)c(=O)c2c1. The number of aromatic carboxylic acids is 1. The first-order chi connectivity index (χ1) is 19.3. The zero-order valence-electron chi connectivity index (χ0n) is 22.8. The molecule has 0 saturated heterocycles. The predicted molar refractivity (Wildman–Crippen MR) is 153 cm³/mol. The molecule has 2 aromatic carbocycles. The Hall–Kier alpha value is -4.05. The summed E-state index contributed by atoms with van der Waals surface area (Å²) in [5, 5.41) is 10.9. The number of carboxylic acids is 1. The van der Waals surface area contributed by atoms with Crippen LogP contribution < -0.4 is 5.43 Å². The van der Waals surface area contributed by atoms with Crippen LogP contribution in [-0.2, 0) is 12.6 Å². The Morgan fingerprint density at radius 3 is 2.54 bits per heavy atom. The van der Waals surface area contributed by atoms with E-state index in [0.717, 1.165) is 32.5 Å². The number of hydrogen-bond acceptors (Lipinski definition) is 6. The summed E-state index contributed by atoms with van der Waals surface area (Å²) >= 11 is 1.46. The summed E-state index contributed by atoms with van der Waals surface area (Å²) in [6, 6.07) is 10.3. The fourth-order valence-electron chi connectivity index (χ4n) is 5.15. The quantitative estimate of drug-likeness (QED) is 0.208. The maximum atomic E-state index is 13.5. The van der Waals surface area contributed by atoms with Crippen LogP contribution in [0.3, 0.4) is 0 Å². The molecule has 0 bridgehead atoms. The molecule has 3 heterocycles. The molecule has 212 valence electrons. The molecule has 3 aromatic heterocycles. The third-order valence-corrected chi connectivity index (χ3v) is 8.15. The zero-order valence-corrected chi connectivity index (χ0v) is 23.7. The van der Waals surface area contributed by atoms with E-state index in [4.69, 9.17) is 9.40 Å². The van der Waals surface area contributed by atoms with Crippen LogP contribution in [0.25, 0.3) is 32.8 Å². The van der Waals surface area contributed by atoms with Crippen molar-refractivity contribution in [3.05, 3.63) is 91.1 Å². The van der Waals surface area contributed by atoms with Crippen molar-refractivity contribution in [2.45, 2.75) is 59.1 Å². The Morgan fingerprint density at radius 1 is 1.07 bits per heavy atom. The van der Waals surface area contributed by atoms with Gasteiger partial charge in [0.05, 0.1) is 21.5 Å². The Bertz CT molecular complexity index is 1870. The maximum Gasteiger partial charge on any atom is 0.416 e. The molecule has 5 rings (SSSR count). The Morgan fingerprint density at radius 2 is 1.83 bits per heavy atom. The molecule has 0 aliphatic carbocycles. The van der Waals surface area contributed by atoms with Gasteiger partial charge in [-0.25, -0.2) is 14.8 Å². The molecule has 41 heavy (non-hydrogen) atoms. The third-order valence-electron chi connectivity index (χ3n) is 7.27. The minimum Gasteiger partial charge on any atom is -0.478 e. The molecule has 1 N–H and O–H groups in total. The number of hydrogen-bond donors (Lipinski definition) is 1. The molecule has 0 amide bonds. The number of alkyl halides is 3. The fourth-order valence-corrected chi connectivity index (χ4v) is 5.94. The van der Waals surface area contributed by atoms with Crippen LogP contribution in [0.2, 0.25) is 0 Å². The van der Waals surface area contributed by atoms with Crippen molar-refractivity contribution in [3.63, 3.8) is 0 Å².